The lowest BCUT2D eigenvalue weighted by atomic mass is 9.98. The van der Waals surface area contributed by atoms with Gasteiger partial charge in [-0.05, 0) is 45.7 Å². The first-order valence-corrected chi connectivity index (χ1v) is 9.07. The third kappa shape index (κ3) is 6.77. The van der Waals surface area contributed by atoms with Crippen LogP contribution in [-0.2, 0) is 6.54 Å². The topological polar surface area (TPSA) is 65.7 Å². The van der Waals surface area contributed by atoms with Crippen molar-refractivity contribution in [3.63, 3.8) is 0 Å². The molecule has 0 spiro atoms. The summed E-state index contributed by atoms with van der Waals surface area (Å²) in [5.74, 6) is 2.00. The molecular formula is C18H34IN5O. The summed E-state index contributed by atoms with van der Waals surface area (Å²) in [4.78, 5) is 6.88. The molecular weight excluding hydrogens is 429 g/mol. The van der Waals surface area contributed by atoms with Crippen molar-refractivity contribution in [2.75, 3.05) is 26.7 Å². The molecule has 1 fully saturated rings. The summed E-state index contributed by atoms with van der Waals surface area (Å²) in [5, 5.41) is 10.8. The molecule has 0 aromatic carbocycles. The van der Waals surface area contributed by atoms with Crippen LogP contribution in [0, 0.1) is 0 Å². The lowest BCUT2D eigenvalue weighted by Crippen LogP contribution is -2.54. The van der Waals surface area contributed by atoms with E-state index in [2.05, 4.69) is 53.4 Å². The summed E-state index contributed by atoms with van der Waals surface area (Å²) in [6.07, 6.45) is 3.97. The zero-order valence-corrected chi connectivity index (χ0v) is 18.6. The highest BCUT2D eigenvalue weighted by Crippen LogP contribution is 2.19. The minimum atomic E-state index is 0. The van der Waals surface area contributed by atoms with E-state index < -0.39 is 0 Å². The maximum Gasteiger partial charge on any atom is 0.191 e. The van der Waals surface area contributed by atoms with E-state index in [1.54, 1.807) is 7.05 Å². The number of halogens is 1. The van der Waals surface area contributed by atoms with Crippen LogP contribution >= 0.6 is 24.0 Å². The minimum Gasteiger partial charge on any atom is -0.359 e. The molecule has 1 aromatic heterocycles. The van der Waals surface area contributed by atoms with E-state index in [0.29, 0.717) is 12.5 Å². The van der Waals surface area contributed by atoms with Gasteiger partial charge in [0.25, 0.3) is 0 Å². The van der Waals surface area contributed by atoms with Crippen molar-refractivity contribution in [3.8, 4) is 0 Å². The Kier molecular flexibility index (Phi) is 9.20. The quantitative estimate of drug-likeness (QED) is 0.385. The molecule has 0 bridgehead atoms. The van der Waals surface area contributed by atoms with Crippen LogP contribution in [0.25, 0.3) is 0 Å². The summed E-state index contributed by atoms with van der Waals surface area (Å²) in [7, 11) is 1.79. The number of rotatable bonds is 6. The van der Waals surface area contributed by atoms with Gasteiger partial charge in [0.2, 0.25) is 0 Å². The first-order chi connectivity index (χ1) is 11.4. The minimum absolute atomic E-state index is 0. The summed E-state index contributed by atoms with van der Waals surface area (Å²) in [6.45, 7) is 12.6. The number of guanidine groups is 1. The third-order valence-corrected chi connectivity index (χ3v) is 4.72. The average Bonchev–Trinajstić information content (AvgIpc) is 3.05. The van der Waals surface area contributed by atoms with Crippen LogP contribution in [0.4, 0.5) is 0 Å². The zero-order chi connectivity index (χ0) is 17.6. The maximum absolute atomic E-state index is 5.36. The van der Waals surface area contributed by atoms with Crippen molar-refractivity contribution < 1.29 is 4.52 Å². The summed E-state index contributed by atoms with van der Waals surface area (Å²) in [5.41, 5.74) is 1.11. The fourth-order valence-corrected chi connectivity index (χ4v) is 2.99. The first-order valence-electron chi connectivity index (χ1n) is 9.07. The Balaban J connectivity index is 0.00000312. The van der Waals surface area contributed by atoms with Crippen LogP contribution in [0.2, 0.25) is 0 Å². The van der Waals surface area contributed by atoms with Crippen molar-refractivity contribution in [1.29, 1.82) is 0 Å². The fourth-order valence-electron chi connectivity index (χ4n) is 2.99. The van der Waals surface area contributed by atoms with E-state index in [1.165, 1.54) is 32.4 Å². The number of hydrogen-bond donors (Lipinski definition) is 2. The van der Waals surface area contributed by atoms with Gasteiger partial charge in [0.05, 0.1) is 12.2 Å². The number of nitrogens with one attached hydrogen (secondary N) is 2. The average molecular weight is 463 g/mol. The summed E-state index contributed by atoms with van der Waals surface area (Å²) < 4.78 is 5.36. The number of hydrogen-bond acceptors (Lipinski definition) is 4. The van der Waals surface area contributed by atoms with Crippen LogP contribution in [0.5, 0.6) is 0 Å². The molecule has 1 aliphatic heterocycles. The van der Waals surface area contributed by atoms with Crippen molar-refractivity contribution in [2.24, 2.45) is 4.99 Å². The molecule has 1 aliphatic rings. The van der Waals surface area contributed by atoms with Crippen LogP contribution in [0.3, 0.4) is 0 Å². The fraction of sp³-hybridized carbons (Fsp3) is 0.778. The van der Waals surface area contributed by atoms with Crippen LogP contribution in [0.15, 0.2) is 15.6 Å². The Morgan fingerprint density at radius 3 is 2.52 bits per heavy atom. The van der Waals surface area contributed by atoms with Crippen molar-refractivity contribution >= 4 is 29.9 Å². The number of nitrogens with zero attached hydrogens (tertiary/aromatic N) is 3. The van der Waals surface area contributed by atoms with Crippen LogP contribution < -0.4 is 10.6 Å². The number of aliphatic imine (C=N–C) groups is 1. The molecule has 7 heteroatoms. The SMILES string of the molecule is CN=C(NCc1cc(C(C)C)no1)NCC(C)(C)N1CCCCC1.I. The Hall–Kier alpha value is -0.830. The largest absolute Gasteiger partial charge is 0.359 e. The van der Waals surface area contributed by atoms with Crippen LogP contribution in [0.1, 0.15) is 64.3 Å². The normalized spacial score (nSPS) is 16.6. The van der Waals surface area contributed by atoms with Gasteiger partial charge in [-0.2, -0.15) is 0 Å². The summed E-state index contributed by atoms with van der Waals surface area (Å²) in [6, 6.07) is 2.00. The van der Waals surface area contributed by atoms with Gasteiger partial charge in [0.1, 0.15) is 0 Å². The molecule has 0 amide bonds. The van der Waals surface area contributed by atoms with Gasteiger partial charge in [-0.1, -0.05) is 25.4 Å². The van der Waals surface area contributed by atoms with E-state index in [0.717, 1.165) is 24.0 Å². The second-order valence-electron chi connectivity index (χ2n) is 7.51. The van der Waals surface area contributed by atoms with Crippen molar-refractivity contribution in [2.45, 2.75) is 65.0 Å². The van der Waals surface area contributed by atoms with E-state index in [1.807, 2.05) is 6.07 Å². The van der Waals surface area contributed by atoms with Gasteiger partial charge in [-0.3, -0.25) is 9.89 Å². The molecule has 6 nitrogen and oxygen atoms in total. The van der Waals surface area contributed by atoms with Gasteiger partial charge in [0.15, 0.2) is 11.7 Å². The predicted octanol–water partition coefficient (Wildman–Crippen LogP) is 3.35. The van der Waals surface area contributed by atoms with Crippen LogP contribution in [-0.4, -0.2) is 48.2 Å². The Bertz CT molecular complexity index is 535. The van der Waals surface area contributed by atoms with E-state index in [4.69, 9.17) is 4.52 Å². The number of piperidine rings is 1. The highest BCUT2D eigenvalue weighted by atomic mass is 127. The lowest BCUT2D eigenvalue weighted by molar-refractivity contribution is 0.0982. The van der Waals surface area contributed by atoms with E-state index in [-0.39, 0.29) is 29.5 Å². The molecule has 144 valence electrons. The summed E-state index contributed by atoms with van der Waals surface area (Å²) >= 11 is 0. The maximum atomic E-state index is 5.36. The number of aromatic nitrogens is 1. The Morgan fingerprint density at radius 1 is 1.28 bits per heavy atom. The second kappa shape index (κ2) is 10.4. The van der Waals surface area contributed by atoms with Gasteiger partial charge >= 0.3 is 0 Å². The highest BCUT2D eigenvalue weighted by molar-refractivity contribution is 14.0. The van der Waals surface area contributed by atoms with Crippen molar-refractivity contribution in [3.05, 3.63) is 17.5 Å². The van der Waals surface area contributed by atoms with E-state index in [9.17, 15) is 0 Å². The molecule has 2 rings (SSSR count). The lowest BCUT2D eigenvalue weighted by Gasteiger charge is -2.41. The van der Waals surface area contributed by atoms with Gasteiger partial charge in [-0.25, -0.2) is 0 Å². The molecule has 25 heavy (non-hydrogen) atoms. The molecule has 2 N–H and O–H groups in total. The van der Waals surface area contributed by atoms with Gasteiger partial charge < -0.3 is 15.2 Å². The van der Waals surface area contributed by atoms with Gasteiger partial charge in [-0.15, -0.1) is 24.0 Å². The molecule has 1 saturated heterocycles. The number of likely N-dealkylation sites (tertiary alicyclic amines) is 1. The second-order valence-corrected chi connectivity index (χ2v) is 7.51. The predicted molar refractivity (Wildman–Crippen MR) is 114 cm³/mol. The smallest absolute Gasteiger partial charge is 0.191 e. The first kappa shape index (κ1) is 22.2. The standard InChI is InChI=1S/C18H33N5O.HI/c1-14(2)16-11-15(24-22-16)12-20-17(19-5)21-13-18(3,4)23-9-7-6-8-10-23;/h11,14H,6-10,12-13H2,1-5H3,(H2,19,20,21);1H. The molecule has 0 radical (unpaired) electrons. The molecule has 0 unspecified atom stereocenters. The molecule has 0 saturated carbocycles. The van der Waals surface area contributed by atoms with E-state index >= 15 is 0 Å². The molecule has 2 heterocycles. The van der Waals surface area contributed by atoms with Crippen molar-refractivity contribution in [1.82, 2.24) is 20.7 Å². The third-order valence-electron chi connectivity index (χ3n) is 4.72. The van der Waals surface area contributed by atoms with Gasteiger partial charge in [0, 0.05) is 25.2 Å². The Morgan fingerprint density at radius 2 is 1.96 bits per heavy atom. The zero-order valence-electron chi connectivity index (χ0n) is 16.3. The molecule has 0 atom stereocenters. The molecule has 0 aliphatic carbocycles. The highest BCUT2D eigenvalue weighted by Gasteiger charge is 2.27. The molecule has 1 aromatic rings. The Labute approximate surface area is 169 Å². The monoisotopic (exact) mass is 463 g/mol.